The first kappa shape index (κ1) is 13.5. The molecule has 2 saturated heterocycles. The summed E-state index contributed by atoms with van der Waals surface area (Å²) in [7, 11) is -3.42. The molecular weight excluding hydrogens is 288 g/mol. The highest BCUT2D eigenvalue weighted by molar-refractivity contribution is 7.89. The van der Waals surface area contributed by atoms with E-state index in [9.17, 15) is 8.42 Å². The minimum absolute atomic E-state index is 0.0798. The quantitative estimate of drug-likeness (QED) is 0.901. The van der Waals surface area contributed by atoms with Gasteiger partial charge in [0.15, 0.2) is 0 Å². The van der Waals surface area contributed by atoms with E-state index >= 15 is 0 Å². The van der Waals surface area contributed by atoms with E-state index in [4.69, 9.17) is 4.74 Å². The number of nitrogens with zero attached hydrogens (tertiary/aromatic N) is 1. The lowest BCUT2D eigenvalue weighted by Crippen LogP contribution is -2.46. The van der Waals surface area contributed by atoms with Gasteiger partial charge >= 0.3 is 0 Å². The predicted octanol–water partition coefficient (Wildman–Crippen LogP) is 1.60. The summed E-state index contributed by atoms with van der Waals surface area (Å²) in [5.74, 6) is 0. The Morgan fingerprint density at radius 3 is 2.71 bits per heavy atom. The highest BCUT2D eigenvalue weighted by Crippen LogP contribution is 2.34. The molecule has 3 aliphatic rings. The molecule has 0 amide bonds. The van der Waals surface area contributed by atoms with Crippen molar-refractivity contribution in [3.63, 3.8) is 0 Å². The Balaban J connectivity index is 1.72. The lowest BCUT2D eigenvalue weighted by atomic mass is 10.0. The van der Waals surface area contributed by atoms with E-state index in [1.807, 2.05) is 12.1 Å². The lowest BCUT2D eigenvalue weighted by Gasteiger charge is -2.32. The molecule has 4 rings (SSSR count). The van der Waals surface area contributed by atoms with E-state index in [1.54, 1.807) is 10.4 Å². The van der Waals surface area contributed by atoms with Gasteiger partial charge in [-0.2, -0.15) is 4.31 Å². The Bertz CT molecular complexity index is 647. The average Bonchev–Trinajstić information content (AvgIpc) is 2.84. The zero-order valence-electron chi connectivity index (χ0n) is 11.9. The Morgan fingerprint density at radius 2 is 1.95 bits per heavy atom. The van der Waals surface area contributed by atoms with Crippen LogP contribution in [0.3, 0.4) is 0 Å². The lowest BCUT2D eigenvalue weighted by molar-refractivity contribution is -0.0114. The summed E-state index contributed by atoms with van der Waals surface area (Å²) in [6.07, 6.45) is 3.92. The molecule has 6 heteroatoms. The summed E-state index contributed by atoms with van der Waals surface area (Å²) >= 11 is 0. The first-order valence-corrected chi connectivity index (χ1v) is 9.10. The summed E-state index contributed by atoms with van der Waals surface area (Å²) in [6.45, 7) is 1.91. The second kappa shape index (κ2) is 4.97. The number of sulfonamides is 1. The minimum Gasteiger partial charge on any atom is -0.385 e. The van der Waals surface area contributed by atoms with Crippen molar-refractivity contribution >= 4 is 15.7 Å². The topological polar surface area (TPSA) is 58.6 Å². The van der Waals surface area contributed by atoms with E-state index in [1.165, 1.54) is 0 Å². The molecule has 3 aliphatic heterocycles. The molecule has 0 saturated carbocycles. The van der Waals surface area contributed by atoms with Crippen LogP contribution in [0.1, 0.15) is 24.8 Å². The molecule has 114 valence electrons. The van der Waals surface area contributed by atoms with Crippen LogP contribution in [0.2, 0.25) is 0 Å². The number of benzene rings is 1. The fourth-order valence-electron chi connectivity index (χ4n) is 3.63. The van der Waals surface area contributed by atoms with E-state index < -0.39 is 10.0 Å². The SMILES string of the molecule is O=S(=O)(c1cccc2c1CCCN2)N1CC2CCC(C1)O2. The largest absolute Gasteiger partial charge is 0.385 e. The third kappa shape index (κ3) is 2.25. The molecule has 1 N–H and O–H groups in total. The fraction of sp³-hybridized carbons (Fsp3) is 0.600. The van der Waals surface area contributed by atoms with Gasteiger partial charge in [0.1, 0.15) is 0 Å². The van der Waals surface area contributed by atoms with Crippen molar-refractivity contribution in [2.24, 2.45) is 0 Å². The van der Waals surface area contributed by atoms with Crippen LogP contribution in [0.5, 0.6) is 0 Å². The molecule has 1 aromatic rings. The van der Waals surface area contributed by atoms with E-state index in [0.717, 1.165) is 43.5 Å². The maximum Gasteiger partial charge on any atom is 0.243 e. The summed E-state index contributed by atoms with van der Waals surface area (Å²) in [4.78, 5) is 0.480. The summed E-state index contributed by atoms with van der Waals surface area (Å²) < 4.78 is 33.4. The number of fused-ring (bicyclic) bond motifs is 3. The standard InChI is InChI=1S/C15H20N2O3S/c18-21(19,17-9-11-6-7-12(10-17)20-11)15-5-1-4-14-13(15)3-2-8-16-14/h1,4-5,11-12,16H,2-3,6-10H2. The van der Waals surface area contributed by atoms with Crippen LogP contribution in [-0.4, -0.2) is 44.6 Å². The normalized spacial score (nSPS) is 29.0. The minimum atomic E-state index is -3.42. The molecule has 2 fully saturated rings. The van der Waals surface area contributed by atoms with Crippen LogP contribution >= 0.6 is 0 Å². The maximum atomic E-state index is 13.0. The maximum absolute atomic E-state index is 13.0. The first-order valence-electron chi connectivity index (χ1n) is 7.66. The van der Waals surface area contributed by atoms with Crippen LogP contribution in [-0.2, 0) is 21.2 Å². The van der Waals surface area contributed by atoms with Gasteiger partial charge in [0.05, 0.1) is 17.1 Å². The Kier molecular flexibility index (Phi) is 3.20. The second-order valence-corrected chi connectivity index (χ2v) is 8.00. The summed E-state index contributed by atoms with van der Waals surface area (Å²) in [6, 6.07) is 5.55. The molecule has 3 heterocycles. The smallest absolute Gasteiger partial charge is 0.243 e. The molecule has 2 bridgehead atoms. The van der Waals surface area contributed by atoms with E-state index in [-0.39, 0.29) is 12.2 Å². The third-order valence-electron chi connectivity index (χ3n) is 4.68. The molecule has 0 spiro atoms. The number of hydrogen-bond acceptors (Lipinski definition) is 4. The molecule has 0 aliphatic carbocycles. The van der Waals surface area contributed by atoms with E-state index in [2.05, 4.69) is 5.32 Å². The van der Waals surface area contributed by atoms with E-state index in [0.29, 0.717) is 18.0 Å². The number of anilines is 1. The number of rotatable bonds is 2. The third-order valence-corrected chi connectivity index (χ3v) is 6.60. The first-order chi connectivity index (χ1) is 10.1. The molecule has 5 nitrogen and oxygen atoms in total. The Labute approximate surface area is 125 Å². The zero-order valence-corrected chi connectivity index (χ0v) is 12.7. The highest BCUT2D eigenvalue weighted by atomic mass is 32.2. The number of hydrogen-bond donors (Lipinski definition) is 1. The van der Waals surface area contributed by atoms with Gasteiger partial charge in [0.25, 0.3) is 0 Å². The monoisotopic (exact) mass is 308 g/mol. The molecule has 2 unspecified atom stereocenters. The molecule has 2 atom stereocenters. The number of morpholine rings is 1. The molecule has 1 aromatic carbocycles. The van der Waals surface area contributed by atoms with Gasteiger partial charge < -0.3 is 10.1 Å². The van der Waals surface area contributed by atoms with Crippen molar-refractivity contribution in [3.8, 4) is 0 Å². The van der Waals surface area contributed by atoms with Gasteiger partial charge in [-0.05, 0) is 43.4 Å². The van der Waals surface area contributed by atoms with Crippen LogP contribution in [0.4, 0.5) is 5.69 Å². The van der Waals surface area contributed by atoms with Gasteiger partial charge in [-0.3, -0.25) is 0 Å². The van der Waals surface area contributed by atoms with Gasteiger partial charge in [0.2, 0.25) is 10.0 Å². The van der Waals surface area contributed by atoms with Gasteiger partial charge in [-0.1, -0.05) is 6.07 Å². The fourth-order valence-corrected chi connectivity index (χ4v) is 5.41. The van der Waals surface area contributed by atoms with Crippen LogP contribution in [0, 0.1) is 0 Å². The second-order valence-electron chi connectivity index (χ2n) is 6.09. The number of ether oxygens (including phenoxy) is 1. The van der Waals surface area contributed by atoms with Crippen molar-refractivity contribution in [1.82, 2.24) is 4.31 Å². The van der Waals surface area contributed by atoms with Crippen molar-refractivity contribution in [2.45, 2.75) is 42.8 Å². The zero-order chi connectivity index (χ0) is 14.4. The van der Waals surface area contributed by atoms with Gasteiger partial charge in [-0.15, -0.1) is 0 Å². The van der Waals surface area contributed by atoms with Crippen molar-refractivity contribution in [3.05, 3.63) is 23.8 Å². The van der Waals surface area contributed by atoms with Crippen LogP contribution in [0.25, 0.3) is 0 Å². The van der Waals surface area contributed by atoms with Gasteiger partial charge in [0, 0.05) is 25.3 Å². The molecule has 0 aromatic heterocycles. The Hall–Kier alpha value is -1.11. The predicted molar refractivity (Wildman–Crippen MR) is 79.9 cm³/mol. The van der Waals surface area contributed by atoms with Crippen LogP contribution in [0.15, 0.2) is 23.1 Å². The van der Waals surface area contributed by atoms with Crippen molar-refractivity contribution in [1.29, 1.82) is 0 Å². The summed E-state index contributed by atoms with van der Waals surface area (Å²) in [5, 5.41) is 3.30. The van der Waals surface area contributed by atoms with Crippen molar-refractivity contribution < 1.29 is 13.2 Å². The Morgan fingerprint density at radius 1 is 1.19 bits per heavy atom. The molecule has 0 radical (unpaired) electrons. The molecular formula is C15H20N2O3S. The van der Waals surface area contributed by atoms with Crippen molar-refractivity contribution in [2.75, 3.05) is 25.0 Å². The number of nitrogens with one attached hydrogen (secondary N) is 1. The van der Waals surface area contributed by atoms with Crippen LogP contribution < -0.4 is 5.32 Å². The summed E-state index contributed by atoms with van der Waals surface area (Å²) in [5.41, 5.74) is 1.92. The average molecular weight is 308 g/mol. The highest BCUT2D eigenvalue weighted by Gasteiger charge is 2.40. The van der Waals surface area contributed by atoms with Gasteiger partial charge in [-0.25, -0.2) is 8.42 Å². The molecule has 21 heavy (non-hydrogen) atoms.